The summed E-state index contributed by atoms with van der Waals surface area (Å²) in [6.45, 7) is 8.20. The highest BCUT2D eigenvalue weighted by molar-refractivity contribution is 8.04. The fourth-order valence-corrected chi connectivity index (χ4v) is 4.67. The Balaban J connectivity index is 1.76. The predicted octanol–water partition coefficient (Wildman–Crippen LogP) is 5.39. The largest absolute Gasteiger partial charge is 0.511 e. The van der Waals surface area contributed by atoms with Gasteiger partial charge in [-0.25, -0.2) is 4.79 Å². The zero-order chi connectivity index (χ0) is 22.1. The number of benzene rings is 2. The van der Waals surface area contributed by atoms with Gasteiger partial charge < -0.3 is 20.7 Å². The number of hydrogen-bond donors (Lipinski definition) is 3. The molecule has 0 aliphatic carbocycles. The molecule has 6 heteroatoms. The predicted molar refractivity (Wildman–Crippen MR) is 121 cm³/mol. The molecule has 30 heavy (non-hydrogen) atoms. The highest BCUT2D eigenvalue weighted by Gasteiger charge is 2.31. The van der Waals surface area contributed by atoms with E-state index in [4.69, 9.17) is 10.5 Å². The number of esters is 1. The SMILES string of the molecule is Cc1cc(SC2=C(O)CC(CCc3ccc(O)cc3)OC2=O)c(C(C)(C)C)cc1N. The third kappa shape index (κ3) is 5.11. The van der Waals surface area contributed by atoms with Crippen LogP contribution in [0.25, 0.3) is 0 Å². The van der Waals surface area contributed by atoms with Gasteiger partial charge in [-0.05, 0) is 66.1 Å². The van der Waals surface area contributed by atoms with Gasteiger partial charge in [0.25, 0.3) is 0 Å². The lowest BCUT2D eigenvalue weighted by atomic mass is 9.86. The third-order valence-corrected chi connectivity index (χ3v) is 6.39. The summed E-state index contributed by atoms with van der Waals surface area (Å²) in [4.78, 5) is 13.8. The molecule has 2 aromatic carbocycles. The van der Waals surface area contributed by atoms with Gasteiger partial charge in [0.1, 0.15) is 22.5 Å². The van der Waals surface area contributed by atoms with Crippen LogP contribution in [0, 0.1) is 6.92 Å². The van der Waals surface area contributed by atoms with E-state index in [9.17, 15) is 15.0 Å². The van der Waals surface area contributed by atoms with E-state index in [-0.39, 0.29) is 27.9 Å². The van der Waals surface area contributed by atoms with Crippen molar-refractivity contribution in [3.63, 3.8) is 0 Å². The molecular formula is C24H29NO4S. The lowest BCUT2D eigenvalue weighted by Gasteiger charge is -2.27. The molecule has 0 fully saturated rings. The van der Waals surface area contributed by atoms with Gasteiger partial charge >= 0.3 is 5.97 Å². The number of nitrogens with two attached hydrogens (primary N) is 1. The monoisotopic (exact) mass is 427 g/mol. The Hall–Kier alpha value is -2.60. The summed E-state index contributed by atoms with van der Waals surface area (Å²) in [6.07, 6.45) is 1.22. The van der Waals surface area contributed by atoms with Crippen molar-refractivity contribution >= 4 is 23.4 Å². The Morgan fingerprint density at radius 3 is 2.43 bits per heavy atom. The third-order valence-electron chi connectivity index (χ3n) is 5.22. The number of phenolic OH excluding ortho intramolecular Hbond substituents is 1. The van der Waals surface area contributed by atoms with E-state index in [2.05, 4.69) is 20.8 Å². The molecule has 1 atom stereocenters. The summed E-state index contributed by atoms with van der Waals surface area (Å²) >= 11 is 1.25. The molecule has 0 aromatic heterocycles. The highest BCUT2D eigenvalue weighted by atomic mass is 32.2. The second-order valence-corrected chi connectivity index (χ2v) is 9.82. The van der Waals surface area contributed by atoms with Gasteiger partial charge in [0, 0.05) is 17.0 Å². The molecule has 0 saturated carbocycles. The van der Waals surface area contributed by atoms with Gasteiger partial charge in [-0.3, -0.25) is 0 Å². The van der Waals surface area contributed by atoms with Crippen LogP contribution in [0.4, 0.5) is 5.69 Å². The Kier molecular flexibility index (Phi) is 6.36. The molecule has 5 nitrogen and oxygen atoms in total. The number of carbonyl (C=O) groups excluding carboxylic acids is 1. The molecule has 1 unspecified atom stereocenters. The van der Waals surface area contributed by atoms with Crippen molar-refractivity contribution in [3.8, 4) is 5.75 Å². The van der Waals surface area contributed by atoms with Gasteiger partial charge in [-0.1, -0.05) is 44.7 Å². The van der Waals surface area contributed by atoms with Crippen LogP contribution >= 0.6 is 11.8 Å². The number of aliphatic hydroxyl groups excluding tert-OH is 1. The minimum atomic E-state index is -0.492. The van der Waals surface area contributed by atoms with Gasteiger partial charge in [0.15, 0.2) is 0 Å². The summed E-state index contributed by atoms with van der Waals surface area (Å²) in [7, 11) is 0. The molecule has 3 rings (SSSR count). The number of cyclic esters (lactones) is 1. The Bertz CT molecular complexity index is 974. The fraction of sp³-hybridized carbons (Fsp3) is 0.375. The first-order chi connectivity index (χ1) is 14.0. The zero-order valence-electron chi connectivity index (χ0n) is 17.9. The van der Waals surface area contributed by atoms with Crippen LogP contribution in [0.5, 0.6) is 5.75 Å². The van der Waals surface area contributed by atoms with Crippen LogP contribution in [0.15, 0.2) is 52.0 Å². The number of aliphatic hydroxyl groups is 1. The van der Waals surface area contributed by atoms with E-state index in [0.29, 0.717) is 24.9 Å². The topological polar surface area (TPSA) is 92.8 Å². The van der Waals surface area contributed by atoms with Gasteiger partial charge in [-0.15, -0.1) is 0 Å². The maximum atomic E-state index is 12.7. The van der Waals surface area contributed by atoms with Crippen LogP contribution in [0.2, 0.25) is 0 Å². The number of aryl methyl sites for hydroxylation is 2. The van der Waals surface area contributed by atoms with Crippen LogP contribution in [-0.4, -0.2) is 22.3 Å². The quantitative estimate of drug-likeness (QED) is 0.438. The van der Waals surface area contributed by atoms with Crippen molar-refractivity contribution < 1.29 is 19.7 Å². The number of ether oxygens (including phenoxy) is 1. The van der Waals surface area contributed by atoms with Crippen LogP contribution in [0.3, 0.4) is 0 Å². The van der Waals surface area contributed by atoms with Crippen LogP contribution in [-0.2, 0) is 21.4 Å². The number of thioether (sulfide) groups is 1. The Labute approximate surface area is 181 Å². The lowest BCUT2D eigenvalue weighted by molar-refractivity contribution is -0.145. The zero-order valence-corrected chi connectivity index (χ0v) is 18.7. The Morgan fingerprint density at radius 2 is 1.83 bits per heavy atom. The van der Waals surface area contributed by atoms with Crippen molar-refractivity contribution in [3.05, 3.63) is 63.8 Å². The van der Waals surface area contributed by atoms with Gasteiger partial charge in [0.2, 0.25) is 0 Å². The number of nitrogen functional groups attached to an aromatic ring is 1. The molecule has 0 bridgehead atoms. The number of anilines is 1. The molecule has 1 aliphatic rings. The first-order valence-corrected chi connectivity index (χ1v) is 10.9. The minimum Gasteiger partial charge on any atom is -0.511 e. The number of phenols is 1. The maximum Gasteiger partial charge on any atom is 0.348 e. The van der Waals surface area contributed by atoms with Crippen molar-refractivity contribution in [2.24, 2.45) is 0 Å². The number of rotatable bonds is 5. The summed E-state index contributed by atoms with van der Waals surface area (Å²) in [5, 5.41) is 20.0. The summed E-state index contributed by atoms with van der Waals surface area (Å²) in [5.41, 5.74) is 9.65. The standard InChI is InChI=1S/C24H29NO4S/c1-14-11-21(18(13-19(14)25)24(2,3)4)30-22-20(27)12-17(29-23(22)28)10-7-15-5-8-16(26)9-6-15/h5-6,8-9,11,13,17,26-27H,7,10,12,25H2,1-4H3. The van der Waals surface area contributed by atoms with Crippen molar-refractivity contribution in [1.82, 2.24) is 0 Å². The van der Waals surface area contributed by atoms with Crippen LogP contribution < -0.4 is 5.73 Å². The number of carbonyl (C=O) groups is 1. The summed E-state index contributed by atoms with van der Waals surface area (Å²) < 4.78 is 5.61. The molecule has 0 saturated heterocycles. The average molecular weight is 428 g/mol. The lowest BCUT2D eigenvalue weighted by Crippen LogP contribution is -2.26. The first-order valence-electron chi connectivity index (χ1n) is 10.0. The minimum absolute atomic E-state index is 0.0706. The number of aromatic hydroxyl groups is 1. The molecule has 160 valence electrons. The summed E-state index contributed by atoms with van der Waals surface area (Å²) in [5.74, 6) is -0.201. The van der Waals surface area contributed by atoms with E-state index < -0.39 is 5.97 Å². The van der Waals surface area contributed by atoms with Gasteiger partial charge in [0.05, 0.1) is 0 Å². The second kappa shape index (κ2) is 8.64. The highest BCUT2D eigenvalue weighted by Crippen LogP contribution is 2.41. The molecule has 1 heterocycles. The molecule has 0 spiro atoms. The fourth-order valence-electron chi connectivity index (χ4n) is 3.40. The summed E-state index contributed by atoms with van der Waals surface area (Å²) in [6, 6.07) is 10.9. The molecule has 0 amide bonds. The molecule has 1 aliphatic heterocycles. The van der Waals surface area contributed by atoms with E-state index in [1.165, 1.54) is 11.8 Å². The molecular weight excluding hydrogens is 398 g/mol. The molecule has 2 aromatic rings. The van der Waals surface area contributed by atoms with Gasteiger partial charge in [-0.2, -0.15) is 0 Å². The maximum absolute atomic E-state index is 12.7. The first kappa shape index (κ1) is 22.1. The Morgan fingerprint density at radius 1 is 1.17 bits per heavy atom. The molecule has 0 radical (unpaired) electrons. The smallest absolute Gasteiger partial charge is 0.348 e. The number of hydrogen-bond acceptors (Lipinski definition) is 6. The second-order valence-electron chi connectivity index (χ2n) is 8.77. The van der Waals surface area contributed by atoms with E-state index >= 15 is 0 Å². The van der Waals surface area contributed by atoms with E-state index in [1.807, 2.05) is 31.2 Å². The van der Waals surface area contributed by atoms with Crippen molar-refractivity contribution in [2.45, 2.75) is 63.4 Å². The van der Waals surface area contributed by atoms with Crippen molar-refractivity contribution in [1.29, 1.82) is 0 Å². The van der Waals surface area contributed by atoms with E-state index in [1.54, 1.807) is 12.1 Å². The van der Waals surface area contributed by atoms with Crippen molar-refractivity contribution in [2.75, 3.05) is 5.73 Å². The average Bonchev–Trinajstić information content (AvgIpc) is 2.66. The van der Waals surface area contributed by atoms with E-state index in [0.717, 1.165) is 21.6 Å². The van der Waals surface area contributed by atoms with Crippen LogP contribution in [0.1, 0.15) is 50.3 Å². The normalized spacial score (nSPS) is 17.2. The molecule has 4 N–H and O–H groups in total.